The van der Waals surface area contributed by atoms with Gasteiger partial charge in [-0.1, -0.05) is 45.7 Å². The van der Waals surface area contributed by atoms with Crippen molar-refractivity contribution in [3.63, 3.8) is 0 Å². The van der Waals surface area contributed by atoms with Crippen LogP contribution in [0, 0.1) is 0 Å². The van der Waals surface area contributed by atoms with Crippen molar-refractivity contribution >= 4 is 57.1 Å². The molecule has 0 aromatic heterocycles. The Bertz CT molecular complexity index is 1480. The predicted molar refractivity (Wildman–Crippen MR) is 142 cm³/mol. The Morgan fingerprint density at radius 1 is 0.974 bits per heavy atom. The molecule has 0 aliphatic carbocycles. The summed E-state index contributed by atoms with van der Waals surface area (Å²) in [6, 6.07) is 13.2. The molecular formula is C27H19BrClF3N2O5. The van der Waals surface area contributed by atoms with Crippen LogP contribution in [0.2, 0.25) is 5.02 Å². The van der Waals surface area contributed by atoms with Crippen molar-refractivity contribution in [3.05, 3.63) is 92.4 Å². The number of amides is 4. The smallest absolute Gasteiger partial charge is 0.416 e. The number of halogens is 5. The lowest BCUT2D eigenvalue weighted by Crippen LogP contribution is -2.54. The number of urea groups is 1. The van der Waals surface area contributed by atoms with Gasteiger partial charge in [-0.3, -0.25) is 14.9 Å². The van der Waals surface area contributed by atoms with Gasteiger partial charge in [0.2, 0.25) is 0 Å². The molecule has 3 aromatic carbocycles. The molecule has 1 heterocycles. The van der Waals surface area contributed by atoms with E-state index >= 15 is 0 Å². The first-order valence-electron chi connectivity index (χ1n) is 11.4. The number of nitrogens with zero attached hydrogens (tertiary/aromatic N) is 1. The molecule has 3 aromatic rings. The lowest BCUT2D eigenvalue weighted by Gasteiger charge is -2.27. The van der Waals surface area contributed by atoms with Crippen molar-refractivity contribution in [3.8, 4) is 11.5 Å². The number of ether oxygens (including phenoxy) is 2. The Kier molecular flexibility index (Phi) is 8.31. The molecule has 4 amide bonds. The number of imide groups is 2. The summed E-state index contributed by atoms with van der Waals surface area (Å²) in [5.41, 5.74) is -0.870. The van der Waals surface area contributed by atoms with Crippen LogP contribution < -0.4 is 19.7 Å². The van der Waals surface area contributed by atoms with Gasteiger partial charge in [-0.05, 0) is 66.6 Å². The van der Waals surface area contributed by atoms with Gasteiger partial charge in [0.1, 0.15) is 12.2 Å². The zero-order valence-corrected chi connectivity index (χ0v) is 22.5. The first-order valence-corrected chi connectivity index (χ1v) is 12.6. The van der Waals surface area contributed by atoms with E-state index in [0.29, 0.717) is 34.6 Å². The largest absolute Gasteiger partial charge is 0.490 e. The van der Waals surface area contributed by atoms with Crippen molar-refractivity contribution in [1.82, 2.24) is 5.32 Å². The van der Waals surface area contributed by atoms with Gasteiger partial charge in [0.25, 0.3) is 11.8 Å². The Balaban J connectivity index is 1.65. The number of nitrogens with one attached hydrogen (secondary N) is 1. The maximum absolute atomic E-state index is 13.3. The van der Waals surface area contributed by atoms with E-state index in [1.165, 1.54) is 12.1 Å². The number of anilines is 1. The van der Waals surface area contributed by atoms with Crippen LogP contribution in [-0.2, 0) is 22.4 Å². The fourth-order valence-corrected chi connectivity index (χ4v) is 4.11. The van der Waals surface area contributed by atoms with E-state index in [1.807, 2.05) is 29.6 Å². The number of carbonyl (C=O) groups is 3. The molecule has 7 nitrogen and oxygen atoms in total. The van der Waals surface area contributed by atoms with Gasteiger partial charge < -0.3 is 9.47 Å². The van der Waals surface area contributed by atoms with E-state index < -0.39 is 40.8 Å². The van der Waals surface area contributed by atoms with Crippen LogP contribution in [0.25, 0.3) is 6.08 Å². The second kappa shape index (κ2) is 11.5. The molecule has 0 atom stereocenters. The fourth-order valence-electron chi connectivity index (χ4n) is 3.65. The third-order valence-corrected chi connectivity index (χ3v) is 6.35. The molecule has 0 unspecified atom stereocenters. The highest BCUT2D eigenvalue weighted by Gasteiger charge is 2.39. The van der Waals surface area contributed by atoms with Gasteiger partial charge in [-0.2, -0.15) is 13.2 Å². The standard InChI is InChI=1S/C27H19BrClF3N2O5/c1-2-38-23-12-16(5-10-22(23)39-14-15-3-7-18(28)8-4-15)11-19-24(35)33-26(37)34(25(19)36)21-13-17(27(30,31)32)6-9-20(21)29/h3-13H,2,14H2,1H3,(H,33,35,37)/b19-11+. The number of hydrogen-bond donors (Lipinski definition) is 1. The molecule has 39 heavy (non-hydrogen) atoms. The minimum Gasteiger partial charge on any atom is -0.490 e. The van der Waals surface area contributed by atoms with Gasteiger partial charge in [0.15, 0.2) is 11.5 Å². The van der Waals surface area contributed by atoms with Crippen LogP contribution in [-0.4, -0.2) is 24.5 Å². The number of benzene rings is 3. The zero-order valence-electron chi connectivity index (χ0n) is 20.1. The van der Waals surface area contributed by atoms with Gasteiger partial charge in [-0.25, -0.2) is 9.69 Å². The summed E-state index contributed by atoms with van der Waals surface area (Å²) in [7, 11) is 0. The van der Waals surface area contributed by atoms with E-state index in [1.54, 1.807) is 19.1 Å². The summed E-state index contributed by atoms with van der Waals surface area (Å²) in [6.45, 7) is 2.32. The maximum Gasteiger partial charge on any atom is 0.416 e. The molecule has 4 rings (SSSR count). The molecule has 0 saturated carbocycles. The molecule has 1 aliphatic rings. The summed E-state index contributed by atoms with van der Waals surface area (Å²) in [5, 5.41) is 1.68. The van der Waals surface area contributed by atoms with Crippen LogP contribution in [0.5, 0.6) is 11.5 Å². The third-order valence-electron chi connectivity index (χ3n) is 5.50. The Morgan fingerprint density at radius 3 is 2.36 bits per heavy atom. The summed E-state index contributed by atoms with van der Waals surface area (Å²) < 4.78 is 52.2. The van der Waals surface area contributed by atoms with E-state index in [9.17, 15) is 27.6 Å². The first-order chi connectivity index (χ1) is 18.5. The van der Waals surface area contributed by atoms with Gasteiger partial charge in [0, 0.05) is 4.47 Å². The van der Waals surface area contributed by atoms with Gasteiger partial charge in [0.05, 0.1) is 22.9 Å². The average molecular weight is 624 g/mol. The molecule has 0 radical (unpaired) electrons. The second-order valence-corrected chi connectivity index (χ2v) is 9.50. The van der Waals surface area contributed by atoms with Crippen molar-refractivity contribution in [2.75, 3.05) is 11.5 Å². The van der Waals surface area contributed by atoms with E-state index in [2.05, 4.69) is 15.9 Å². The Labute approximate surface area is 234 Å². The Morgan fingerprint density at radius 2 is 1.69 bits per heavy atom. The molecule has 1 fully saturated rings. The molecular weight excluding hydrogens is 605 g/mol. The quantitative estimate of drug-likeness (QED) is 0.232. The molecule has 0 spiro atoms. The van der Waals surface area contributed by atoms with Crippen molar-refractivity contribution in [1.29, 1.82) is 0 Å². The summed E-state index contributed by atoms with van der Waals surface area (Å²) in [4.78, 5) is 38.6. The number of rotatable bonds is 7. The van der Waals surface area contributed by atoms with Crippen molar-refractivity contribution in [2.45, 2.75) is 19.7 Å². The van der Waals surface area contributed by atoms with Crippen LogP contribution >= 0.6 is 27.5 Å². The van der Waals surface area contributed by atoms with Gasteiger partial charge in [-0.15, -0.1) is 0 Å². The lowest BCUT2D eigenvalue weighted by atomic mass is 10.1. The third kappa shape index (κ3) is 6.43. The number of barbiturate groups is 1. The topological polar surface area (TPSA) is 84.9 Å². The van der Waals surface area contributed by atoms with Crippen LogP contribution in [0.1, 0.15) is 23.6 Å². The maximum atomic E-state index is 13.3. The average Bonchev–Trinajstić information content (AvgIpc) is 2.87. The van der Waals surface area contributed by atoms with Crippen LogP contribution in [0.15, 0.2) is 70.7 Å². The second-order valence-electron chi connectivity index (χ2n) is 8.18. The molecule has 12 heteroatoms. The minimum atomic E-state index is -4.75. The lowest BCUT2D eigenvalue weighted by molar-refractivity contribution is -0.137. The monoisotopic (exact) mass is 622 g/mol. The predicted octanol–water partition coefficient (Wildman–Crippen LogP) is 6.77. The first kappa shape index (κ1) is 28.2. The van der Waals surface area contributed by atoms with Gasteiger partial charge >= 0.3 is 12.2 Å². The van der Waals surface area contributed by atoms with Crippen LogP contribution in [0.3, 0.4) is 0 Å². The number of carbonyl (C=O) groups excluding carboxylic acids is 3. The fraction of sp³-hybridized carbons (Fsp3) is 0.148. The molecule has 1 aliphatic heterocycles. The summed E-state index contributed by atoms with van der Waals surface area (Å²) >= 11 is 9.40. The normalized spacial score (nSPS) is 15.0. The van der Waals surface area contributed by atoms with E-state index in [4.69, 9.17) is 21.1 Å². The van der Waals surface area contributed by atoms with E-state index in [0.717, 1.165) is 22.2 Å². The summed E-state index contributed by atoms with van der Waals surface area (Å²) in [5.74, 6) is -1.41. The number of alkyl halides is 3. The van der Waals surface area contributed by atoms with E-state index in [-0.39, 0.29) is 11.6 Å². The van der Waals surface area contributed by atoms with Crippen molar-refractivity contribution in [2.24, 2.45) is 0 Å². The zero-order chi connectivity index (χ0) is 28.3. The molecule has 0 bridgehead atoms. The molecule has 1 saturated heterocycles. The number of hydrogen-bond acceptors (Lipinski definition) is 5. The summed E-state index contributed by atoms with van der Waals surface area (Å²) in [6.07, 6.45) is -3.56. The van der Waals surface area contributed by atoms with Crippen LogP contribution in [0.4, 0.5) is 23.7 Å². The van der Waals surface area contributed by atoms with Crippen molar-refractivity contribution < 1.29 is 37.0 Å². The highest BCUT2D eigenvalue weighted by molar-refractivity contribution is 9.10. The Hall–Kier alpha value is -3.83. The molecule has 202 valence electrons. The minimum absolute atomic E-state index is 0.253. The highest BCUT2D eigenvalue weighted by Crippen LogP contribution is 2.37. The SMILES string of the molecule is CCOc1cc(/C=C2\C(=O)NC(=O)N(c3cc(C(F)(F)F)ccc3Cl)C2=O)ccc1OCc1ccc(Br)cc1. The highest BCUT2D eigenvalue weighted by atomic mass is 79.9. The molecule has 1 N–H and O–H groups in total.